The van der Waals surface area contributed by atoms with Crippen LogP contribution in [0.3, 0.4) is 0 Å². The van der Waals surface area contributed by atoms with Crippen LogP contribution in [0.1, 0.15) is 45.1 Å². The van der Waals surface area contributed by atoms with Gasteiger partial charge in [0.2, 0.25) is 0 Å². The second-order valence-electron chi connectivity index (χ2n) is 5.07. The molecule has 0 aliphatic heterocycles. The van der Waals surface area contributed by atoms with Crippen LogP contribution in [0.25, 0.3) is 0 Å². The van der Waals surface area contributed by atoms with Gasteiger partial charge in [-0.25, -0.2) is 0 Å². The summed E-state index contributed by atoms with van der Waals surface area (Å²) in [6, 6.07) is 5.29. The van der Waals surface area contributed by atoms with Crippen LogP contribution in [-0.4, -0.2) is 16.1 Å². The smallest absolute Gasteiger partial charge is 0.292 e. The van der Waals surface area contributed by atoms with Crippen molar-refractivity contribution in [3.05, 3.63) is 33.9 Å². The minimum atomic E-state index is -0.329. The Kier molecular flexibility index (Phi) is 7.44. The Hall–Kier alpha value is -1.23. The van der Waals surface area contributed by atoms with Gasteiger partial charge in [0, 0.05) is 11.3 Å². The SMILES string of the molecule is CCCCC[C@@H](C)SCNc1ccc(C)cc1[N+](=O)[O-]. The van der Waals surface area contributed by atoms with Crippen molar-refractivity contribution in [2.24, 2.45) is 0 Å². The van der Waals surface area contributed by atoms with Crippen LogP contribution in [0.15, 0.2) is 18.2 Å². The van der Waals surface area contributed by atoms with Gasteiger partial charge in [-0.05, 0) is 25.0 Å². The van der Waals surface area contributed by atoms with Crippen LogP contribution in [0.5, 0.6) is 0 Å². The highest BCUT2D eigenvalue weighted by Crippen LogP contribution is 2.26. The van der Waals surface area contributed by atoms with Crippen LogP contribution in [-0.2, 0) is 0 Å². The highest BCUT2D eigenvalue weighted by atomic mass is 32.2. The van der Waals surface area contributed by atoms with Crippen molar-refractivity contribution >= 4 is 23.1 Å². The number of aryl methyl sites for hydroxylation is 1. The highest BCUT2D eigenvalue weighted by molar-refractivity contribution is 7.99. The molecule has 1 N–H and O–H groups in total. The maximum atomic E-state index is 11.0. The zero-order chi connectivity index (χ0) is 15.0. The molecule has 0 aliphatic carbocycles. The van der Waals surface area contributed by atoms with Gasteiger partial charge in [-0.3, -0.25) is 10.1 Å². The second kappa shape index (κ2) is 8.84. The summed E-state index contributed by atoms with van der Waals surface area (Å²) >= 11 is 1.81. The number of hydrogen-bond donors (Lipinski definition) is 1. The van der Waals surface area contributed by atoms with Gasteiger partial charge in [-0.15, -0.1) is 11.8 Å². The van der Waals surface area contributed by atoms with Gasteiger partial charge in [0.1, 0.15) is 5.69 Å². The Morgan fingerprint density at radius 1 is 1.40 bits per heavy atom. The van der Waals surface area contributed by atoms with E-state index >= 15 is 0 Å². The first-order chi connectivity index (χ1) is 9.54. The quantitative estimate of drug-likeness (QED) is 0.302. The third-order valence-electron chi connectivity index (χ3n) is 3.19. The van der Waals surface area contributed by atoms with Crippen LogP contribution >= 0.6 is 11.8 Å². The van der Waals surface area contributed by atoms with E-state index in [1.807, 2.05) is 24.8 Å². The highest BCUT2D eigenvalue weighted by Gasteiger charge is 2.13. The molecule has 1 aromatic carbocycles. The molecule has 0 saturated carbocycles. The number of unbranched alkanes of at least 4 members (excludes halogenated alkanes) is 2. The Balaban J connectivity index is 2.44. The Bertz CT molecular complexity index is 438. The summed E-state index contributed by atoms with van der Waals surface area (Å²) in [5.74, 6) is 0.706. The summed E-state index contributed by atoms with van der Waals surface area (Å²) in [6.07, 6.45) is 4.98. The molecule has 0 amide bonds. The van der Waals surface area contributed by atoms with E-state index in [-0.39, 0.29) is 10.6 Å². The normalized spacial score (nSPS) is 12.2. The van der Waals surface area contributed by atoms with Gasteiger partial charge in [0.25, 0.3) is 5.69 Å². The summed E-state index contributed by atoms with van der Waals surface area (Å²) in [4.78, 5) is 10.7. The van der Waals surface area contributed by atoms with Crippen molar-refractivity contribution in [3.63, 3.8) is 0 Å². The molecule has 1 rings (SSSR count). The first-order valence-corrected chi connectivity index (χ1v) is 8.20. The van der Waals surface area contributed by atoms with Crippen molar-refractivity contribution in [3.8, 4) is 0 Å². The topological polar surface area (TPSA) is 55.2 Å². The molecule has 112 valence electrons. The number of anilines is 1. The van der Waals surface area contributed by atoms with E-state index in [1.54, 1.807) is 12.1 Å². The molecule has 0 radical (unpaired) electrons. The van der Waals surface area contributed by atoms with Gasteiger partial charge in [-0.2, -0.15) is 0 Å². The Morgan fingerprint density at radius 3 is 2.80 bits per heavy atom. The van der Waals surface area contributed by atoms with Crippen molar-refractivity contribution in [1.29, 1.82) is 0 Å². The molecule has 1 aromatic rings. The third kappa shape index (κ3) is 5.82. The number of nitro groups is 1. The summed E-state index contributed by atoms with van der Waals surface area (Å²) in [5.41, 5.74) is 1.67. The van der Waals surface area contributed by atoms with Gasteiger partial charge in [0.05, 0.1) is 10.8 Å². The standard InChI is InChI=1S/C15H24N2O2S/c1-4-5-6-7-13(3)20-11-16-14-9-8-12(2)10-15(14)17(18)19/h8-10,13,16H,4-7,11H2,1-3H3/t13-/m1/s1. The van der Waals surface area contributed by atoms with Crippen molar-refractivity contribution < 1.29 is 4.92 Å². The lowest BCUT2D eigenvalue weighted by atomic mass is 10.2. The van der Waals surface area contributed by atoms with E-state index in [0.29, 0.717) is 16.8 Å². The predicted molar refractivity (Wildman–Crippen MR) is 87.5 cm³/mol. The lowest BCUT2D eigenvalue weighted by Crippen LogP contribution is -2.06. The molecule has 0 spiro atoms. The van der Waals surface area contributed by atoms with E-state index in [0.717, 1.165) is 5.56 Å². The number of benzene rings is 1. The fraction of sp³-hybridized carbons (Fsp3) is 0.600. The van der Waals surface area contributed by atoms with E-state index in [1.165, 1.54) is 25.7 Å². The fourth-order valence-corrected chi connectivity index (χ4v) is 2.83. The van der Waals surface area contributed by atoms with Gasteiger partial charge < -0.3 is 5.32 Å². The minimum Gasteiger partial charge on any atom is -0.370 e. The van der Waals surface area contributed by atoms with E-state index in [9.17, 15) is 10.1 Å². The Morgan fingerprint density at radius 2 is 2.15 bits per heavy atom. The average Bonchev–Trinajstić information content (AvgIpc) is 2.40. The lowest BCUT2D eigenvalue weighted by Gasteiger charge is -2.12. The number of rotatable bonds is 9. The van der Waals surface area contributed by atoms with Crippen molar-refractivity contribution in [2.75, 3.05) is 11.2 Å². The summed E-state index contributed by atoms with van der Waals surface area (Å²) in [5, 5.41) is 14.8. The van der Waals surface area contributed by atoms with Crippen LogP contribution in [0, 0.1) is 17.0 Å². The number of nitrogens with one attached hydrogen (secondary N) is 1. The molecule has 20 heavy (non-hydrogen) atoms. The second-order valence-corrected chi connectivity index (χ2v) is 6.50. The first kappa shape index (κ1) is 16.8. The third-order valence-corrected chi connectivity index (χ3v) is 4.31. The van der Waals surface area contributed by atoms with Crippen LogP contribution in [0.4, 0.5) is 11.4 Å². The molecule has 0 heterocycles. The minimum absolute atomic E-state index is 0.157. The molecular formula is C15H24N2O2S. The maximum Gasteiger partial charge on any atom is 0.292 e. The van der Waals surface area contributed by atoms with Gasteiger partial charge >= 0.3 is 0 Å². The van der Waals surface area contributed by atoms with Gasteiger partial charge in [0.15, 0.2) is 0 Å². The molecule has 0 aromatic heterocycles. The van der Waals surface area contributed by atoms with Crippen molar-refractivity contribution in [1.82, 2.24) is 0 Å². The molecule has 1 atom stereocenters. The number of nitrogens with zero attached hydrogens (tertiary/aromatic N) is 1. The van der Waals surface area contributed by atoms with Gasteiger partial charge in [-0.1, -0.05) is 39.2 Å². The fourth-order valence-electron chi connectivity index (χ4n) is 1.97. The zero-order valence-electron chi connectivity index (χ0n) is 12.5. The molecule has 0 fully saturated rings. The summed E-state index contributed by atoms with van der Waals surface area (Å²) in [7, 11) is 0. The molecule has 0 unspecified atom stereocenters. The largest absolute Gasteiger partial charge is 0.370 e. The average molecular weight is 296 g/mol. The predicted octanol–water partition coefficient (Wildman–Crippen LogP) is 4.97. The number of nitro benzene ring substituents is 1. The summed E-state index contributed by atoms with van der Waals surface area (Å²) in [6.45, 7) is 6.28. The Labute approximate surface area is 125 Å². The molecule has 0 bridgehead atoms. The molecule has 0 aliphatic rings. The van der Waals surface area contributed by atoms with E-state index < -0.39 is 0 Å². The number of thioether (sulfide) groups is 1. The lowest BCUT2D eigenvalue weighted by molar-refractivity contribution is -0.384. The van der Waals surface area contributed by atoms with Crippen molar-refractivity contribution in [2.45, 2.75) is 51.7 Å². The van der Waals surface area contributed by atoms with Crippen LogP contribution < -0.4 is 5.32 Å². The first-order valence-electron chi connectivity index (χ1n) is 7.15. The van der Waals surface area contributed by atoms with Crippen LogP contribution in [0.2, 0.25) is 0 Å². The number of hydrogen-bond acceptors (Lipinski definition) is 4. The maximum absolute atomic E-state index is 11.0. The summed E-state index contributed by atoms with van der Waals surface area (Å²) < 4.78 is 0. The zero-order valence-corrected chi connectivity index (χ0v) is 13.3. The molecule has 4 nitrogen and oxygen atoms in total. The molecule has 0 saturated heterocycles. The van der Waals surface area contributed by atoms with E-state index in [4.69, 9.17) is 0 Å². The van der Waals surface area contributed by atoms with E-state index in [2.05, 4.69) is 19.2 Å². The monoisotopic (exact) mass is 296 g/mol. The molecular weight excluding hydrogens is 272 g/mol. The molecule has 5 heteroatoms.